The predicted octanol–water partition coefficient (Wildman–Crippen LogP) is 5.45. The molecule has 2 aromatic rings. The van der Waals surface area contributed by atoms with Crippen molar-refractivity contribution < 1.29 is 18.7 Å². The fourth-order valence-electron chi connectivity index (χ4n) is 4.34. The molecule has 0 amide bonds. The molecule has 1 aliphatic carbocycles. The standard InChI is InChI=1S/C25H26FNO3S/c1-14(2)13-30-25(29)22-15(3)27-19-11-17(21-5-4-10-31-21)12-20(28)24(19)23(22)16-6-8-18(26)9-7-16/h4-10,14,17,23,27H,11-13H2,1-3H3/t17-,23-/m1/s1. The Hall–Kier alpha value is -2.73. The number of nitrogens with one attached hydrogen (secondary N) is 1. The number of benzene rings is 1. The molecule has 0 radical (unpaired) electrons. The molecule has 0 saturated carbocycles. The SMILES string of the molecule is CC1=C(C(=O)OCC(C)C)[C@@H](c2ccc(F)cc2)C2=C(C[C@@H](c3cccs3)CC2=O)N1. The summed E-state index contributed by atoms with van der Waals surface area (Å²) in [5.41, 5.74) is 3.27. The van der Waals surface area contributed by atoms with Crippen LogP contribution in [0.25, 0.3) is 0 Å². The molecule has 6 heteroatoms. The van der Waals surface area contributed by atoms with E-state index in [2.05, 4.69) is 11.4 Å². The third-order valence-corrected chi connectivity index (χ3v) is 6.78. The molecule has 2 atom stereocenters. The van der Waals surface area contributed by atoms with E-state index in [1.165, 1.54) is 17.0 Å². The zero-order valence-corrected chi connectivity index (χ0v) is 18.7. The number of ether oxygens (including phenoxy) is 1. The summed E-state index contributed by atoms with van der Waals surface area (Å²) in [5.74, 6) is -1.02. The van der Waals surface area contributed by atoms with E-state index in [0.717, 1.165) is 5.70 Å². The monoisotopic (exact) mass is 439 g/mol. The average Bonchev–Trinajstić information content (AvgIpc) is 3.26. The number of rotatable bonds is 5. The number of hydrogen-bond donors (Lipinski definition) is 1. The second-order valence-electron chi connectivity index (χ2n) is 8.58. The summed E-state index contributed by atoms with van der Waals surface area (Å²) in [4.78, 5) is 27.6. The van der Waals surface area contributed by atoms with Crippen LogP contribution < -0.4 is 5.32 Å². The molecule has 1 N–H and O–H groups in total. The van der Waals surface area contributed by atoms with Gasteiger partial charge < -0.3 is 10.1 Å². The molecule has 0 unspecified atom stereocenters. The molecule has 0 bridgehead atoms. The van der Waals surface area contributed by atoms with Crippen LogP contribution in [0.4, 0.5) is 4.39 Å². The number of carbonyl (C=O) groups is 2. The highest BCUT2D eigenvalue weighted by Crippen LogP contribution is 2.46. The number of carbonyl (C=O) groups excluding carboxylic acids is 2. The van der Waals surface area contributed by atoms with Crippen molar-refractivity contribution >= 4 is 23.1 Å². The van der Waals surface area contributed by atoms with Crippen LogP contribution in [0.1, 0.15) is 55.9 Å². The van der Waals surface area contributed by atoms with Crippen LogP contribution in [0.3, 0.4) is 0 Å². The zero-order chi connectivity index (χ0) is 22.1. The highest BCUT2D eigenvalue weighted by Gasteiger charge is 2.41. The van der Waals surface area contributed by atoms with Crippen molar-refractivity contribution in [2.24, 2.45) is 5.92 Å². The quantitative estimate of drug-likeness (QED) is 0.630. The normalized spacial score (nSPS) is 21.3. The van der Waals surface area contributed by atoms with E-state index in [0.29, 0.717) is 41.9 Å². The first-order valence-electron chi connectivity index (χ1n) is 10.5. The second kappa shape index (κ2) is 8.79. The smallest absolute Gasteiger partial charge is 0.336 e. The fraction of sp³-hybridized carbons (Fsp3) is 0.360. The Morgan fingerprint density at radius 1 is 1.23 bits per heavy atom. The molecule has 2 heterocycles. The highest BCUT2D eigenvalue weighted by atomic mass is 32.1. The van der Waals surface area contributed by atoms with Crippen molar-refractivity contribution in [3.8, 4) is 0 Å². The van der Waals surface area contributed by atoms with Gasteiger partial charge in [-0.1, -0.05) is 32.0 Å². The summed E-state index contributed by atoms with van der Waals surface area (Å²) in [6, 6.07) is 10.1. The van der Waals surface area contributed by atoms with Crippen LogP contribution in [-0.2, 0) is 14.3 Å². The topological polar surface area (TPSA) is 55.4 Å². The molecular weight excluding hydrogens is 413 g/mol. The van der Waals surface area contributed by atoms with Gasteiger partial charge in [-0.3, -0.25) is 4.79 Å². The summed E-state index contributed by atoms with van der Waals surface area (Å²) in [7, 11) is 0. The molecule has 1 aromatic heterocycles. The second-order valence-corrected chi connectivity index (χ2v) is 9.56. The van der Waals surface area contributed by atoms with Crippen LogP contribution in [0.5, 0.6) is 0 Å². The first kappa shape index (κ1) is 21.5. The maximum absolute atomic E-state index is 13.6. The maximum Gasteiger partial charge on any atom is 0.336 e. The van der Waals surface area contributed by atoms with E-state index in [9.17, 15) is 14.0 Å². The van der Waals surface area contributed by atoms with E-state index in [1.54, 1.807) is 23.5 Å². The summed E-state index contributed by atoms with van der Waals surface area (Å²) in [5, 5.41) is 5.36. The van der Waals surface area contributed by atoms with Gasteiger partial charge in [0.15, 0.2) is 5.78 Å². The van der Waals surface area contributed by atoms with Gasteiger partial charge in [0.05, 0.1) is 12.2 Å². The van der Waals surface area contributed by atoms with Gasteiger partial charge in [0.2, 0.25) is 0 Å². The molecule has 4 rings (SSSR count). The van der Waals surface area contributed by atoms with Crippen LogP contribution in [0.15, 0.2) is 64.3 Å². The van der Waals surface area contributed by atoms with Crippen molar-refractivity contribution in [2.45, 2.75) is 45.4 Å². The van der Waals surface area contributed by atoms with Crippen molar-refractivity contribution in [1.82, 2.24) is 5.32 Å². The van der Waals surface area contributed by atoms with E-state index >= 15 is 0 Å². The Balaban J connectivity index is 1.76. The maximum atomic E-state index is 13.6. The minimum absolute atomic E-state index is 0.0168. The molecule has 2 aliphatic rings. The predicted molar refractivity (Wildman–Crippen MR) is 119 cm³/mol. The zero-order valence-electron chi connectivity index (χ0n) is 17.9. The number of ketones is 1. The molecule has 0 spiro atoms. The Morgan fingerprint density at radius 2 is 1.97 bits per heavy atom. The first-order valence-corrected chi connectivity index (χ1v) is 11.4. The minimum atomic E-state index is -0.562. The van der Waals surface area contributed by atoms with Crippen molar-refractivity contribution in [1.29, 1.82) is 0 Å². The molecule has 1 aromatic carbocycles. The molecule has 1 aliphatic heterocycles. The van der Waals surface area contributed by atoms with Crippen LogP contribution >= 0.6 is 11.3 Å². The van der Waals surface area contributed by atoms with Gasteiger partial charge >= 0.3 is 5.97 Å². The number of dihydropyridines is 1. The Bertz CT molecular complexity index is 1050. The van der Waals surface area contributed by atoms with Gasteiger partial charge in [-0.05, 0) is 48.4 Å². The van der Waals surface area contributed by atoms with E-state index in [1.807, 2.05) is 32.2 Å². The van der Waals surface area contributed by atoms with Gasteiger partial charge in [-0.2, -0.15) is 0 Å². The fourth-order valence-corrected chi connectivity index (χ4v) is 5.17. The van der Waals surface area contributed by atoms with Crippen molar-refractivity contribution in [3.05, 3.63) is 80.6 Å². The first-order chi connectivity index (χ1) is 14.8. The lowest BCUT2D eigenvalue weighted by atomic mass is 9.72. The average molecular weight is 440 g/mol. The summed E-state index contributed by atoms with van der Waals surface area (Å²) in [6.45, 7) is 6.08. The lowest BCUT2D eigenvalue weighted by Gasteiger charge is -2.36. The highest BCUT2D eigenvalue weighted by molar-refractivity contribution is 7.10. The number of esters is 1. The molecule has 162 valence electrons. The summed E-state index contributed by atoms with van der Waals surface area (Å²) >= 11 is 1.65. The van der Waals surface area contributed by atoms with Crippen molar-refractivity contribution in [3.63, 3.8) is 0 Å². The third kappa shape index (κ3) is 4.35. The van der Waals surface area contributed by atoms with E-state index in [-0.39, 0.29) is 23.4 Å². The summed E-state index contributed by atoms with van der Waals surface area (Å²) < 4.78 is 19.2. The molecule has 31 heavy (non-hydrogen) atoms. The minimum Gasteiger partial charge on any atom is -0.462 e. The van der Waals surface area contributed by atoms with Gasteiger partial charge in [0, 0.05) is 40.1 Å². The van der Waals surface area contributed by atoms with Crippen LogP contribution in [0.2, 0.25) is 0 Å². The van der Waals surface area contributed by atoms with Crippen LogP contribution in [0, 0.1) is 11.7 Å². The Kier molecular flexibility index (Phi) is 6.10. The van der Waals surface area contributed by atoms with Gasteiger partial charge in [0.1, 0.15) is 5.82 Å². The van der Waals surface area contributed by atoms with Gasteiger partial charge in [-0.15, -0.1) is 11.3 Å². The number of Topliss-reactive ketones (excluding diaryl/α,β-unsaturated/α-hetero) is 1. The number of hydrogen-bond acceptors (Lipinski definition) is 5. The lowest BCUT2D eigenvalue weighted by Crippen LogP contribution is -2.36. The van der Waals surface area contributed by atoms with E-state index < -0.39 is 11.9 Å². The Morgan fingerprint density at radius 3 is 2.61 bits per heavy atom. The number of halogens is 1. The number of thiophene rings is 1. The lowest BCUT2D eigenvalue weighted by molar-refractivity contribution is -0.140. The Labute approximate surface area is 185 Å². The molecular formula is C25H26FNO3S. The largest absolute Gasteiger partial charge is 0.462 e. The van der Waals surface area contributed by atoms with Gasteiger partial charge in [-0.25, -0.2) is 9.18 Å². The molecule has 0 saturated heterocycles. The summed E-state index contributed by atoms with van der Waals surface area (Å²) in [6.07, 6.45) is 1.09. The number of allylic oxidation sites excluding steroid dienone is 3. The molecule has 0 fully saturated rings. The third-order valence-electron chi connectivity index (χ3n) is 5.74. The molecule has 4 nitrogen and oxygen atoms in total. The van der Waals surface area contributed by atoms with Crippen LogP contribution in [-0.4, -0.2) is 18.4 Å². The van der Waals surface area contributed by atoms with Crippen molar-refractivity contribution in [2.75, 3.05) is 6.61 Å². The van der Waals surface area contributed by atoms with E-state index in [4.69, 9.17) is 4.74 Å². The van der Waals surface area contributed by atoms with Gasteiger partial charge in [0.25, 0.3) is 0 Å².